The summed E-state index contributed by atoms with van der Waals surface area (Å²) in [5.41, 5.74) is 8.09. The minimum absolute atomic E-state index is 0.456. The molecule has 0 heterocycles. The maximum absolute atomic E-state index is 11.5. The quantitative estimate of drug-likeness (QED) is 0.560. The van der Waals surface area contributed by atoms with Crippen molar-refractivity contribution in [2.24, 2.45) is 5.73 Å². The molecule has 1 amide bonds. The molecule has 0 aliphatic rings. The standard InChI is InChI=1S/C22H19NO/c23-21(24)16-17-22(18-10-4-1-5-11-18,19-12-6-2-7-13-19)20-14-8-3-9-15-20/h1-17H,(H2,23,24). The second-order valence-corrected chi connectivity index (χ2v) is 5.64. The maximum Gasteiger partial charge on any atom is 0.241 e. The molecule has 0 atom stereocenters. The number of hydrogen-bond donors (Lipinski definition) is 1. The Morgan fingerprint density at radius 3 is 1.29 bits per heavy atom. The van der Waals surface area contributed by atoms with E-state index in [1.807, 2.05) is 60.7 Å². The molecule has 2 nitrogen and oxygen atoms in total. The van der Waals surface area contributed by atoms with Gasteiger partial charge in [0.15, 0.2) is 0 Å². The van der Waals surface area contributed by atoms with Gasteiger partial charge in [-0.1, -0.05) is 97.1 Å². The molecule has 0 unspecified atom stereocenters. The Morgan fingerprint density at radius 2 is 1.00 bits per heavy atom. The van der Waals surface area contributed by atoms with Crippen LogP contribution in [0.15, 0.2) is 103 Å². The Kier molecular flexibility index (Phi) is 4.57. The molecule has 3 aromatic carbocycles. The summed E-state index contributed by atoms with van der Waals surface area (Å²) in [4.78, 5) is 11.5. The highest BCUT2D eigenvalue weighted by Crippen LogP contribution is 2.40. The van der Waals surface area contributed by atoms with E-state index in [1.165, 1.54) is 6.08 Å². The van der Waals surface area contributed by atoms with Crippen molar-refractivity contribution in [1.29, 1.82) is 0 Å². The molecular formula is C22H19NO. The van der Waals surface area contributed by atoms with Gasteiger partial charge in [-0.05, 0) is 16.7 Å². The van der Waals surface area contributed by atoms with Gasteiger partial charge in [-0.15, -0.1) is 0 Å². The first-order valence-corrected chi connectivity index (χ1v) is 7.89. The molecule has 3 aromatic rings. The van der Waals surface area contributed by atoms with Crippen LogP contribution in [0.3, 0.4) is 0 Å². The first-order chi connectivity index (χ1) is 11.7. The first-order valence-electron chi connectivity index (χ1n) is 7.89. The third-order valence-corrected chi connectivity index (χ3v) is 4.18. The fourth-order valence-corrected chi connectivity index (χ4v) is 3.10. The van der Waals surface area contributed by atoms with Gasteiger partial charge < -0.3 is 5.73 Å². The highest BCUT2D eigenvalue weighted by Gasteiger charge is 2.33. The summed E-state index contributed by atoms with van der Waals surface area (Å²) >= 11 is 0. The third-order valence-electron chi connectivity index (χ3n) is 4.18. The van der Waals surface area contributed by atoms with E-state index in [0.29, 0.717) is 0 Å². The van der Waals surface area contributed by atoms with Gasteiger partial charge in [-0.2, -0.15) is 0 Å². The van der Waals surface area contributed by atoms with E-state index >= 15 is 0 Å². The molecule has 0 saturated carbocycles. The zero-order valence-corrected chi connectivity index (χ0v) is 13.3. The van der Waals surface area contributed by atoms with Gasteiger partial charge in [0.25, 0.3) is 0 Å². The molecule has 0 saturated heterocycles. The third kappa shape index (κ3) is 2.99. The minimum atomic E-state index is -0.571. The van der Waals surface area contributed by atoms with Crippen LogP contribution in [-0.2, 0) is 10.2 Å². The van der Waals surface area contributed by atoms with Crippen molar-refractivity contribution in [2.45, 2.75) is 5.41 Å². The summed E-state index contributed by atoms with van der Waals surface area (Å²) < 4.78 is 0. The van der Waals surface area contributed by atoms with Crippen molar-refractivity contribution < 1.29 is 4.79 Å². The van der Waals surface area contributed by atoms with Gasteiger partial charge >= 0.3 is 0 Å². The monoisotopic (exact) mass is 313 g/mol. The molecule has 3 rings (SSSR count). The van der Waals surface area contributed by atoms with E-state index in [4.69, 9.17) is 5.73 Å². The molecule has 0 aliphatic carbocycles. The summed E-state index contributed by atoms with van der Waals surface area (Å²) in [6.07, 6.45) is 3.35. The number of carbonyl (C=O) groups excluding carboxylic acids is 1. The first kappa shape index (κ1) is 15.8. The van der Waals surface area contributed by atoms with E-state index in [1.54, 1.807) is 0 Å². The van der Waals surface area contributed by atoms with Crippen LogP contribution >= 0.6 is 0 Å². The van der Waals surface area contributed by atoms with Crippen LogP contribution in [0.25, 0.3) is 0 Å². The lowest BCUT2D eigenvalue weighted by Crippen LogP contribution is -2.27. The van der Waals surface area contributed by atoms with Crippen molar-refractivity contribution >= 4 is 5.91 Å². The van der Waals surface area contributed by atoms with Crippen LogP contribution in [0.5, 0.6) is 0 Å². The number of amides is 1. The van der Waals surface area contributed by atoms with E-state index < -0.39 is 11.3 Å². The zero-order chi connectivity index (χ0) is 16.8. The molecule has 0 bridgehead atoms. The van der Waals surface area contributed by atoms with Crippen LogP contribution in [0, 0.1) is 0 Å². The predicted molar refractivity (Wildman–Crippen MR) is 97.5 cm³/mol. The van der Waals surface area contributed by atoms with E-state index in [2.05, 4.69) is 36.4 Å². The topological polar surface area (TPSA) is 43.1 Å². The lowest BCUT2D eigenvalue weighted by atomic mass is 9.69. The van der Waals surface area contributed by atoms with Crippen molar-refractivity contribution in [3.8, 4) is 0 Å². The zero-order valence-electron chi connectivity index (χ0n) is 13.3. The largest absolute Gasteiger partial charge is 0.366 e. The molecule has 0 radical (unpaired) electrons. The van der Waals surface area contributed by atoms with Crippen LogP contribution in [0.1, 0.15) is 16.7 Å². The Balaban J connectivity index is 2.35. The fraction of sp³-hybridized carbons (Fsp3) is 0.0455. The second kappa shape index (κ2) is 6.97. The van der Waals surface area contributed by atoms with Crippen molar-refractivity contribution in [3.63, 3.8) is 0 Å². The van der Waals surface area contributed by atoms with Gasteiger partial charge in [0.2, 0.25) is 5.91 Å². The maximum atomic E-state index is 11.5. The summed E-state index contributed by atoms with van der Waals surface area (Å²) in [5.74, 6) is -0.456. The van der Waals surface area contributed by atoms with Crippen LogP contribution in [0.4, 0.5) is 0 Å². The average Bonchev–Trinajstić information content (AvgIpc) is 2.65. The van der Waals surface area contributed by atoms with E-state index in [9.17, 15) is 4.79 Å². The summed E-state index contributed by atoms with van der Waals surface area (Å²) in [7, 11) is 0. The number of carbonyl (C=O) groups is 1. The minimum Gasteiger partial charge on any atom is -0.366 e. The number of benzene rings is 3. The highest BCUT2D eigenvalue weighted by molar-refractivity contribution is 5.86. The molecule has 0 spiro atoms. The van der Waals surface area contributed by atoms with Crippen molar-refractivity contribution in [1.82, 2.24) is 0 Å². The van der Waals surface area contributed by atoms with Gasteiger partial charge in [0, 0.05) is 6.08 Å². The van der Waals surface area contributed by atoms with E-state index in [-0.39, 0.29) is 0 Å². The van der Waals surface area contributed by atoms with Gasteiger partial charge in [-0.25, -0.2) is 0 Å². The lowest BCUT2D eigenvalue weighted by Gasteiger charge is -2.33. The number of hydrogen-bond acceptors (Lipinski definition) is 1. The lowest BCUT2D eigenvalue weighted by molar-refractivity contribution is -0.113. The number of nitrogens with two attached hydrogens (primary N) is 1. The smallest absolute Gasteiger partial charge is 0.241 e. The highest BCUT2D eigenvalue weighted by atomic mass is 16.1. The van der Waals surface area contributed by atoms with Gasteiger partial charge in [-0.3, -0.25) is 4.79 Å². The molecule has 2 N–H and O–H groups in total. The Labute approximate surface area is 142 Å². The van der Waals surface area contributed by atoms with Crippen molar-refractivity contribution in [2.75, 3.05) is 0 Å². The predicted octanol–water partition coefficient (Wildman–Crippen LogP) is 4.06. The Hall–Kier alpha value is -3.13. The van der Waals surface area contributed by atoms with Crippen LogP contribution in [-0.4, -0.2) is 5.91 Å². The van der Waals surface area contributed by atoms with Crippen molar-refractivity contribution in [3.05, 3.63) is 120 Å². The number of primary amides is 1. The van der Waals surface area contributed by atoms with Crippen LogP contribution < -0.4 is 5.73 Å². The molecule has 0 aliphatic heterocycles. The molecule has 2 heteroatoms. The normalized spacial score (nSPS) is 11.5. The molecular weight excluding hydrogens is 294 g/mol. The Morgan fingerprint density at radius 1 is 0.667 bits per heavy atom. The molecule has 24 heavy (non-hydrogen) atoms. The SMILES string of the molecule is NC(=O)C=CC(c1ccccc1)(c1ccccc1)c1ccccc1. The van der Waals surface area contributed by atoms with Gasteiger partial charge in [0.05, 0.1) is 5.41 Å². The van der Waals surface area contributed by atoms with Crippen LogP contribution in [0.2, 0.25) is 0 Å². The summed E-state index contributed by atoms with van der Waals surface area (Å²) in [6, 6.07) is 30.5. The summed E-state index contributed by atoms with van der Waals surface area (Å²) in [6.45, 7) is 0. The average molecular weight is 313 g/mol. The molecule has 0 aromatic heterocycles. The molecule has 0 fully saturated rings. The van der Waals surface area contributed by atoms with E-state index in [0.717, 1.165) is 16.7 Å². The Bertz CT molecular complexity index is 727. The second-order valence-electron chi connectivity index (χ2n) is 5.64. The summed E-state index contributed by atoms with van der Waals surface area (Å²) in [5, 5.41) is 0. The fourth-order valence-electron chi connectivity index (χ4n) is 3.10. The number of rotatable bonds is 5. The number of allylic oxidation sites excluding steroid dienone is 1. The van der Waals surface area contributed by atoms with Gasteiger partial charge in [0.1, 0.15) is 0 Å². The molecule has 118 valence electrons.